The first kappa shape index (κ1) is 15.9. The Bertz CT molecular complexity index is 256. The van der Waals surface area contributed by atoms with Crippen molar-refractivity contribution in [2.24, 2.45) is 0 Å². The van der Waals surface area contributed by atoms with Gasteiger partial charge in [0.05, 0.1) is 12.5 Å². The predicted octanol–water partition coefficient (Wildman–Crippen LogP) is 1.09. The van der Waals surface area contributed by atoms with E-state index in [0.29, 0.717) is 13.1 Å². The minimum Gasteiger partial charge on any atom is -0.481 e. The molecule has 2 atom stereocenters. The minimum atomic E-state index is -0.835. The van der Waals surface area contributed by atoms with Crippen LogP contribution in [0.2, 0.25) is 0 Å². The Morgan fingerprint density at radius 2 is 1.88 bits per heavy atom. The molecule has 0 fully saturated rings. The molecule has 0 radical (unpaired) electrons. The van der Waals surface area contributed by atoms with E-state index in [4.69, 9.17) is 5.11 Å². The lowest BCUT2D eigenvalue weighted by atomic mass is 10.2. The number of hydrogen-bond donors (Lipinski definition) is 2. The van der Waals surface area contributed by atoms with Crippen molar-refractivity contribution in [3.8, 4) is 0 Å². The Balaban J connectivity index is 4.26. The third-order valence-corrected chi connectivity index (χ3v) is 2.95. The van der Waals surface area contributed by atoms with E-state index < -0.39 is 5.97 Å². The molecule has 0 aliphatic heterocycles. The summed E-state index contributed by atoms with van der Waals surface area (Å²) in [5.74, 6) is -0.871. The van der Waals surface area contributed by atoms with Crippen LogP contribution in [-0.2, 0) is 9.59 Å². The van der Waals surface area contributed by atoms with E-state index in [0.717, 1.165) is 6.42 Å². The molecule has 0 aromatic carbocycles. The smallest absolute Gasteiger partial charge is 0.304 e. The van der Waals surface area contributed by atoms with E-state index in [2.05, 4.69) is 5.32 Å². The van der Waals surface area contributed by atoms with E-state index in [1.807, 2.05) is 32.6 Å². The van der Waals surface area contributed by atoms with Crippen LogP contribution in [0.25, 0.3) is 0 Å². The van der Waals surface area contributed by atoms with Gasteiger partial charge in [0.2, 0.25) is 5.91 Å². The predicted molar refractivity (Wildman–Crippen MR) is 66.9 cm³/mol. The van der Waals surface area contributed by atoms with Gasteiger partial charge in [0, 0.05) is 12.6 Å². The Morgan fingerprint density at radius 3 is 2.29 bits per heavy atom. The maximum atomic E-state index is 11.9. The van der Waals surface area contributed by atoms with E-state index in [1.165, 1.54) is 0 Å². The van der Waals surface area contributed by atoms with Crippen LogP contribution >= 0.6 is 0 Å². The zero-order valence-electron chi connectivity index (χ0n) is 11.2. The lowest BCUT2D eigenvalue weighted by molar-refractivity contribution is -0.138. The van der Waals surface area contributed by atoms with Crippen LogP contribution in [0, 0.1) is 0 Å². The highest BCUT2D eigenvalue weighted by atomic mass is 16.4. The molecule has 0 aliphatic rings. The molecule has 0 spiro atoms. The minimum absolute atomic E-state index is 0.0356. The molecule has 0 bridgehead atoms. The number of aliphatic carboxylic acids is 1. The van der Waals surface area contributed by atoms with Gasteiger partial charge >= 0.3 is 5.97 Å². The van der Waals surface area contributed by atoms with Gasteiger partial charge in [-0.2, -0.15) is 0 Å². The summed E-state index contributed by atoms with van der Waals surface area (Å²) in [6, 6.07) is -0.128. The molecule has 0 rings (SSSR count). The SMILES string of the molecule is CCC(C)NC(=O)C(C)N(CC)CCC(=O)O. The fourth-order valence-corrected chi connectivity index (χ4v) is 1.50. The topological polar surface area (TPSA) is 69.6 Å². The van der Waals surface area contributed by atoms with Crippen LogP contribution in [0.1, 0.15) is 40.5 Å². The fraction of sp³-hybridized carbons (Fsp3) is 0.833. The zero-order valence-corrected chi connectivity index (χ0v) is 11.2. The molecule has 0 aliphatic carbocycles. The summed E-state index contributed by atoms with van der Waals surface area (Å²) in [5, 5.41) is 11.5. The number of carbonyl (C=O) groups is 2. The summed E-state index contributed by atoms with van der Waals surface area (Å²) >= 11 is 0. The molecule has 2 unspecified atom stereocenters. The van der Waals surface area contributed by atoms with Gasteiger partial charge in [0.1, 0.15) is 0 Å². The molecule has 0 saturated heterocycles. The molecule has 5 nitrogen and oxygen atoms in total. The van der Waals surface area contributed by atoms with Crippen molar-refractivity contribution < 1.29 is 14.7 Å². The van der Waals surface area contributed by atoms with Crippen LogP contribution in [0.5, 0.6) is 0 Å². The molecule has 17 heavy (non-hydrogen) atoms. The van der Waals surface area contributed by atoms with Crippen LogP contribution in [0.15, 0.2) is 0 Å². The first-order valence-corrected chi connectivity index (χ1v) is 6.18. The molecule has 5 heteroatoms. The second kappa shape index (κ2) is 8.06. The third-order valence-electron chi connectivity index (χ3n) is 2.95. The Morgan fingerprint density at radius 1 is 1.29 bits per heavy atom. The maximum absolute atomic E-state index is 11.9. The first-order chi connectivity index (χ1) is 7.92. The normalized spacial score (nSPS) is 14.4. The molecule has 0 aromatic heterocycles. The Kier molecular flexibility index (Phi) is 7.54. The van der Waals surface area contributed by atoms with Crippen LogP contribution < -0.4 is 5.32 Å². The van der Waals surface area contributed by atoms with Gasteiger partial charge in [0.25, 0.3) is 0 Å². The number of carboxylic acid groups (broad SMARTS) is 1. The molecule has 2 N–H and O–H groups in total. The van der Waals surface area contributed by atoms with Gasteiger partial charge in [-0.1, -0.05) is 13.8 Å². The summed E-state index contributed by atoms with van der Waals surface area (Å²) in [5.41, 5.74) is 0. The van der Waals surface area contributed by atoms with Gasteiger partial charge in [0.15, 0.2) is 0 Å². The van der Waals surface area contributed by atoms with E-state index in [1.54, 1.807) is 0 Å². The number of amides is 1. The quantitative estimate of drug-likeness (QED) is 0.670. The number of carboxylic acids is 1. The van der Waals surface area contributed by atoms with Gasteiger partial charge in [-0.3, -0.25) is 14.5 Å². The van der Waals surface area contributed by atoms with E-state index >= 15 is 0 Å². The molecule has 0 heterocycles. The van der Waals surface area contributed by atoms with Gasteiger partial charge in [-0.05, 0) is 26.8 Å². The van der Waals surface area contributed by atoms with Crippen molar-refractivity contribution in [2.75, 3.05) is 13.1 Å². The molecular weight excluding hydrogens is 220 g/mol. The second-order valence-corrected chi connectivity index (χ2v) is 4.27. The van der Waals surface area contributed by atoms with Gasteiger partial charge in [-0.25, -0.2) is 0 Å². The fourth-order valence-electron chi connectivity index (χ4n) is 1.50. The van der Waals surface area contributed by atoms with Crippen molar-refractivity contribution in [3.63, 3.8) is 0 Å². The van der Waals surface area contributed by atoms with Crippen LogP contribution in [0.4, 0.5) is 0 Å². The van der Waals surface area contributed by atoms with Crippen molar-refractivity contribution in [3.05, 3.63) is 0 Å². The second-order valence-electron chi connectivity index (χ2n) is 4.27. The van der Waals surface area contributed by atoms with E-state index in [9.17, 15) is 9.59 Å². The number of rotatable bonds is 8. The summed E-state index contributed by atoms with van der Waals surface area (Å²) in [4.78, 5) is 24.2. The van der Waals surface area contributed by atoms with Gasteiger partial charge in [-0.15, -0.1) is 0 Å². The highest BCUT2D eigenvalue weighted by Gasteiger charge is 2.21. The summed E-state index contributed by atoms with van der Waals surface area (Å²) < 4.78 is 0. The van der Waals surface area contributed by atoms with Crippen LogP contribution in [-0.4, -0.2) is 47.1 Å². The zero-order chi connectivity index (χ0) is 13.4. The molecule has 0 aromatic rings. The largest absolute Gasteiger partial charge is 0.481 e. The van der Waals surface area contributed by atoms with E-state index in [-0.39, 0.29) is 24.4 Å². The Hall–Kier alpha value is -1.10. The van der Waals surface area contributed by atoms with Crippen molar-refractivity contribution >= 4 is 11.9 Å². The number of hydrogen-bond acceptors (Lipinski definition) is 3. The number of likely N-dealkylation sites (N-methyl/N-ethyl adjacent to an activating group) is 1. The van der Waals surface area contributed by atoms with Gasteiger partial charge < -0.3 is 10.4 Å². The number of nitrogens with one attached hydrogen (secondary N) is 1. The third kappa shape index (κ3) is 6.26. The summed E-state index contributed by atoms with van der Waals surface area (Å²) in [6.45, 7) is 8.77. The molecular formula is C12H24N2O3. The summed E-state index contributed by atoms with van der Waals surface area (Å²) in [6.07, 6.45) is 0.953. The maximum Gasteiger partial charge on any atom is 0.304 e. The monoisotopic (exact) mass is 244 g/mol. The number of carbonyl (C=O) groups excluding carboxylic acids is 1. The summed E-state index contributed by atoms with van der Waals surface area (Å²) in [7, 11) is 0. The number of nitrogens with zero attached hydrogens (tertiary/aromatic N) is 1. The standard InChI is InChI=1S/C12H24N2O3/c1-5-9(3)13-12(17)10(4)14(6-2)8-7-11(15)16/h9-10H,5-8H2,1-4H3,(H,13,17)(H,15,16). The highest BCUT2D eigenvalue weighted by molar-refractivity contribution is 5.81. The van der Waals surface area contributed by atoms with Crippen molar-refractivity contribution in [2.45, 2.75) is 52.6 Å². The molecule has 1 amide bonds. The first-order valence-electron chi connectivity index (χ1n) is 6.18. The molecule has 100 valence electrons. The lowest BCUT2D eigenvalue weighted by Crippen LogP contribution is -2.48. The van der Waals surface area contributed by atoms with Crippen molar-refractivity contribution in [1.29, 1.82) is 0 Å². The lowest BCUT2D eigenvalue weighted by Gasteiger charge is -2.27. The Labute approximate surface area is 103 Å². The average molecular weight is 244 g/mol. The highest BCUT2D eigenvalue weighted by Crippen LogP contribution is 2.02. The molecule has 0 saturated carbocycles. The van der Waals surface area contributed by atoms with Crippen molar-refractivity contribution in [1.82, 2.24) is 10.2 Å². The average Bonchev–Trinajstić information content (AvgIpc) is 2.28. The van der Waals surface area contributed by atoms with Crippen LogP contribution in [0.3, 0.4) is 0 Å².